The van der Waals surface area contributed by atoms with Gasteiger partial charge in [-0.2, -0.15) is 0 Å². The molecule has 0 unspecified atom stereocenters. The fourth-order valence-corrected chi connectivity index (χ4v) is 5.88. The first kappa shape index (κ1) is 32.5. The smallest absolute Gasteiger partial charge is 0.264 e. The van der Waals surface area contributed by atoms with Crippen molar-refractivity contribution in [3.8, 4) is 11.5 Å². The molecular formula is C32H41N3O6S. The minimum Gasteiger partial charge on any atom is -0.497 e. The summed E-state index contributed by atoms with van der Waals surface area (Å²) in [5.74, 6) is 0.425. The van der Waals surface area contributed by atoms with Crippen LogP contribution in [0.4, 0.5) is 5.69 Å². The lowest BCUT2D eigenvalue weighted by molar-refractivity contribution is -0.140. The summed E-state index contributed by atoms with van der Waals surface area (Å²) in [4.78, 5) is 28.9. The van der Waals surface area contributed by atoms with Gasteiger partial charge in [0.15, 0.2) is 0 Å². The molecule has 42 heavy (non-hydrogen) atoms. The molecular weight excluding hydrogens is 554 g/mol. The van der Waals surface area contributed by atoms with Crippen LogP contribution < -0.4 is 19.1 Å². The first-order chi connectivity index (χ1) is 20.0. The number of methoxy groups -OCH3 is 1. The molecule has 2 amide bonds. The number of rotatable bonds is 14. The van der Waals surface area contributed by atoms with E-state index in [2.05, 4.69) is 5.32 Å². The van der Waals surface area contributed by atoms with Crippen molar-refractivity contribution in [3.63, 3.8) is 0 Å². The van der Waals surface area contributed by atoms with Crippen molar-refractivity contribution in [2.75, 3.05) is 24.6 Å². The van der Waals surface area contributed by atoms with Gasteiger partial charge >= 0.3 is 0 Å². The van der Waals surface area contributed by atoms with E-state index < -0.39 is 28.5 Å². The summed E-state index contributed by atoms with van der Waals surface area (Å²) in [6.07, 6.45) is 0.341. The average Bonchev–Trinajstić information content (AvgIpc) is 2.96. The minimum absolute atomic E-state index is 0.0566. The maximum absolute atomic E-state index is 14.1. The van der Waals surface area contributed by atoms with Crippen molar-refractivity contribution >= 4 is 27.5 Å². The number of amides is 2. The highest BCUT2D eigenvalue weighted by Crippen LogP contribution is 2.27. The number of aryl methyl sites for hydroxylation is 1. The second-order valence-electron chi connectivity index (χ2n) is 10.2. The number of carbonyl (C=O) groups excluding carboxylic acids is 2. The molecule has 9 nitrogen and oxygen atoms in total. The van der Waals surface area contributed by atoms with E-state index in [1.807, 2.05) is 46.8 Å². The van der Waals surface area contributed by atoms with Gasteiger partial charge in [-0.05, 0) is 88.2 Å². The third-order valence-electron chi connectivity index (χ3n) is 6.65. The standard InChI is InChI=1S/C32H41N3O6S/c1-7-30(32(37)33-23(3)4)34(21-25-11-15-27(40-6)16-12-25)31(36)22-35(26-13-17-28(18-14-26)41-8-2)42(38,39)29-19-9-24(5)10-20-29/h9-20,23,30H,7-8,21-22H2,1-6H3,(H,33,37)/t30-/m1/s1. The van der Waals surface area contributed by atoms with Crippen molar-refractivity contribution < 1.29 is 27.5 Å². The number of ether oxygens (including phenoxy) is 2. The Morgan fingerprint density at radius 1 is 0.881 bits per heavy atom. The lowest BCUT2D eigenvalue weighted by atomic mass is 10.1. The highest BCUT2D eigenvalue weighted by molar-refractivity contribution is 7.92. The molecule has 0 aliphatic rings. The van der Waals surface area contributed by atoms with E-state index in [0.717, 1.165) is 15.4 Å². The Morgan fingerprint density at radius 3 is 2.00 bits per heavy atom. The normalized spacial score (nSPS) is 12.0. The maximum atomic E-state index is 14.1. The Labute approximate surface area is 249 Å². The van der Waals surface area contributed by atoms with Crippen LogP contribution in [0.15, 0.2) is 77.7 Å². The first-order valence-corrected chi connectivity index (χ1v) is 15.5. The van der Waals surface area contributed by atoms with Crippen LogP contribution in [-0.4, -0.2) is 57.5 Å². The van der Waals surface area contributed by atoms with Crippen molar-refractivity contribution in [2.45, 2.75) is 64.6 Å². The molecule has 0 saturated heterocycles. The van der Waals surface area contributed by atoms with Gasteiger partial charge in [-0.3, -0.25) is 13.9 Å². The quantitative estimate of drug-likeness (QED) is 0.283. The van der Waals surface area contributed by atoms with Gasteiger partial charge in [0, 0.05) is 12.6 Å². The lowest BCUT2D eigenvalue weighted by Gasteiger charge is -2.33. The molecule has 0 bridgehead atoms. The van der Waals surface area contributed by atoms with Crippen molar-refractivity contribution in [1.82, 2.24) is 10.2 Å². The van der Waals surface area contributed by atoms with Gasteiger partial charge in [0.2, 0.25) is 11.8 Å². The third kappa shape index (κ3) is 8.25. The zero-order chi connectivity index (χ0) is 30.9. The molecule has 0 aromatic heterocycles. The van der Waals surface area contributed by atoms with E-state index in [1.165, 1.54) is 17.0 Å². The summed E-state index contributed by atoms with van der Waals surface area (Å²) in [6.45, 7) is 9.31. The molecule has 0 heterocycles. The van der Waals surface area contributed by atoms with Gasteiger partial charge in [0.1, 0.15) is 24.1 Å². The number of nitrogens with one attached hydrogen (secondary N) is 1. The SMILES string of the molecule is CCOc1ccc(N(CC(=O)N(Cc2ccc(OC)cc2)[C@H](CC)C(=O)NC(C)C)S(=O)(=O)c2ccc(C)cc2)cc1. The Kier molecular flexibility index (Phi) is 11.4. The molecule has 0 aliphatic heterocycles. The van der Waals surface area contributed by atoms with Crippen LogP contribution in [0.3, 0.4) is 0 Å². The predicted octanol–water partition coefficient (Wildman–Crippen LogP) is 4.93. The fraction of sp³-hybridized carbons (Fsp3) is 0.375. The lowest BCUT2D eigenvalue weighted by Crippen LogP contribution is -2.53. The molecule has 0 radical (unpaired) electrons. The number of sulfonamides is 1. The molecule has 1 atom stereocenters. The van der Waals surface area contributed by atoms with E-state index >= 15 is 0 Å². The molecule has 226 valence electrons. The fourth-order valence-electron chi connectivity index (χ4n) is 4.47. The van der Waals surface area contributed by atoms with Gasteiger partial charge in [-0.25, -0.2) is 8.42 Å². The summed E-state index contributed by atoms with van der Waals surface area (Å²) in [5.41, 5.74) is 1.98. The van der Waals surface area contributed by atoms with E-state index in [1.54, 1.807) is 55.6 Å². The van der Waals surface area contributed by atoms with E-state index in [0.29, 0.717) is 30.2 Å². The first-order valence-electron chi connectivity index (χ1n) is 14.0. The van der Waals surface area contributed by atoms with Crippen LogP contribution in [0.25, 0.3) is 0 Å². The number of anilines is 1. The zero-order valence-corrected chi connectivity index (χ0v) is 26.0. The van der Waals surface area contributed by atoms with Gasteiger partial charge in [0.25, 0.3) is 10.0 Å². The maximum Gasteiger partial charge on any atom is 0.264 e. The Morgan fingerprint density at radius 2 is 1.48 bits per heavy atom. The van der Waals surface area contributed by atoms with Gasteiger partial charge < -0.3 is 19.7 Å². The Balaban J connectivity index is 2.06. The van der Waals surface area contributed by atoms with E-state index in [-0.39, 0.29) is 23.4 Å². The van der Waals surface area contributed by atoms with Crippen LogP contribution in [-0.2, 0) is 26.2 Å². The van der Waals surface area contributed by atoms with Gasteiger partial charge in [-0.1, -0.05) is 36.8 Å². The molecule has 1 N–H and O–H groups in total. The van der Waals surface area contributed by atoms with Crippen LogP contribution >= 0.6 is 0 Å². The molecule has 0 spiro atoms. The van der Waals surface area contributed by atoms with Crippen molar-refractivity contribution in [1.29, 1.82) is 0 Å². The summed E-state index contributed by atoms with van der Waals surface area (Å²) < 4.78 is 39.9. The van der Waals surface area contributed by atoms with Gasteiger partial charge in [-0.15, -0.1) is 0 Å². The van der Waals surface area contributed by atoms with Crippen LogP contribution in [0.1, 0.15) is 45.2 Å². The molecule has 3 aromatic rings. The number of carbonyl (C=O) groups is 2. The highest BCUT2D eigenvalue weighted by Gasteiger charge is 2.34. The second-order valence-corrected chi connectivity index (χ2v) is 12.1. The van der Waals surface area contributed by atoms with Crippen LogP contribution in [0.2, 0.25) is 0 Å². The molecule has 0 fully saturated rings. The largest absolute Gasteiger partial charge is 0.497 e. The number of benzene rings is 3. The molecule has 0 saturated carbocycles. The monoisotopic (exact) mass is 595 g/mol. The summed E-state index contributed by atoms with van der Waals surface area (Å²) >= 11 is 0. The van der Waals surface area contributed by atoms with Crippen molar-refractivity contribution in [3.05, 3.63) is 83.9 Å². The Bertz CT molecular complexity index is 1420. The molecule has 3 aromatic carbocycles. The molecule has 3 rings (SSSR count). The van der Waals surface area contributed by atoms with Crippen LogP contribution in [0.5, 0.6) is 11.5 Å². The van der Waals surface area contributed by atoms with Gasteiger partial charge in [0.05, 0.1) is 24.3 Å². The summed E-state index contributed by atoms with van der Waals surface area (Å²) in [7, 11) is -2.58. The Hall–Kier alpha value is -4.05. The zero-order valence-electron chi connectivity index (χ0n) is 25.2. The topological polar surface area (TPSA) is 105 Å². The number of hydrogen-bond acceptors (Lipinski definition) is 6. The second kappa shape index (κ2) is 14.7. The third-order valence-corrected chi connectivity index (χ3v) is 8.44. The summed E-state index contributed by atoms with van der Waals surface area (Å²) in [5, 5.41) is 2.90. The summed E-state index contributed by atoms with van der Waals surface area (Å²) in [6, 6.07) is 19.3. The number of hydrogen-bond donors (Lipinski definition) is 1. The predicted molar refractivity (Wildman–Crippen MR) is 164 cm³/mol. The molecule has 10 heteroatoms. The highest BCUT2D eigenvalue weighted by atomic mass is 32.2. The minimum atomic E-state index is -4.15. The average molecular weight is 596 g/mol. The van der Waals surface area contributed by atoms with Crippen molar-refractivity contribution in [2.24, 2.45) is 0 Å². The van der Waals surface area contributed by atoms with Crippen LogP contribution in [0, 0.1) is 6.92 Å². The van der Waals surface area contributed by atoms with E-state index in [9.17, 15) is 18.0 Å². The van der Waals surface area contributed by atoms with E-state index in [4.69, 9.17) is 9.47 Å². The molecule has 0 aliphatic carbocycles. The number of nitrogens with zero attached hydrogens (tertiary/aromatic N) is 2.